The first-order valence-electron chi connectivity index (χ1n) is 6.68. The van der Waals surface area contributed by atoms with Crippen LogP contribution in [-0.4, -0.2) is 25.2 Å². The maximum Gasteiger partial charge on any atom is 0.351 e. The Morgan fingerprint density at radius 2 is 1.72 bits per heavy atom. The zero-order valence-electron chi connectivity index (χ0n) is 12.7. The highest BCUT2D eigenvalue weighted by molar-refractivity contribution is 9.10. The van der Waals surface area contributed by atoms with E-state index in [-0.39, 0.29) is 5.56 Å². The number of hydrogen-bond donors (Lipinski definition) is 3. The highest BCUT2D eigenvalue weighted by Crippen LogP contribution is 2.22. The van der Waals surface area contributed by atoms with E-state index in [0.717, 1.165) is 10.8 Å². The largest absolute Gasteiger partial charge is 0.354 e. The number of hydrogen-bond acceptors (Lipinski definition) is 7. The predicted molar refractivity (Wildman–Crippen MR) is 93.7 cm³/mol. The van der Waals surface area contributed by atoms with Crippen LogP contribution in [0.2, 0.25) is 0 Å². The minimum atomic E-state index is -4.61. The van der Waals surface area contributed by atoms with Gasteiger partial charge in [0.1, 0.15) is 0 Å². The van der Waals surface area contributed by atoms with Gasteiger partial charge in [-0.25, -0.2) is 10.6 Å². The Labute approximate surface area is 152 Å². The van der Waals surface area contributed by atoms with E-state index in [1.165, 1.54) is 24.3 Å². The number of carbonyl (C=O) groups is 2. The van der Waals surface area contributed by atoms with Gasteiger partial charge in [0.05, 0.1) is 0 Å². The second-order valence-corrected chi connectivity index (χ2v) is 6.84. The summed E-state index contributed by atoms with van der Waals surface area (Å²) >= 11 is 3.23. The summed E-state index contributed by atoms with van der Waals surface area (Å²) in [4.78, 5) is 25.6. The number of nitrogens with one attached hydrogen (secondary N) is 1. The maximum atomic E-state index is 11.3. The molecule has 25 heavy (non-hydrogen) atoms. The summed E-state index contributed by atoms with van der Waals surface area (Å²) in [5, 5.41) is -1.82. The molecule has 0 aliphatic heterocycles. The Balaban J connectivity index is 0.000000293. The summed E-state index contributed by atoms with van der Waals surface area (Å²) in [6.45, 7) is 0. The molecule has 0 amide bonds. The first-order chi connectivity index (χ1) is 11.8. The summed E-state index contributed by atoms with van der Waals surface area (Å²) in [6, 6.07) is 14.7. The summed E-state index contributed by atoms with van der Waals surface area (Å²) in [6.07, 6.45) is 0.823. The van der Waals surface area contributed by atoms with Crippen molar-refractivity contribution in [2.45, 2.75) is 5.25 Å². The van der Waals surface area contributed by atoms with Gasteiger partial charge in [-0.3, -0.25) is 9.35 Å². The molecule has 0 saturated carbocycles. The van der Waals surface area contributed by atoms with Crippen LogP contribution >= 0.6 is 15.9 Å². The number of hydrazine groups is 1. The molecule has 10 heteroatoms. The van der Waals surface area contributed by atoms with Crippen LogP contribution in [0.1, 0.15) is 21.2 Å². The van der Waals surface area contributed by atoms with Gasteiger partial charge in [-0.15, -0.1) is 0 Å². The molecule has 134 valence electrons. The molecule has 2 aromatic rings. The van der Waals surface area contributed by atoms with E-state index in [9.17, 15) is 18.0 Å². The average molecular weight is 431 g/mol. The maximum absolute atomic E-state index is 11.3. The molecule has 8 nitrogen and oxygen atoms in total. The first kappa shape index (κ1) is 20.9. The van der Waals surface area contributed by atoms with Gasteiger partial charge in [0, 0.05) is 10.0 Å². The van der Waals surface area contributed by atoms with Crippen molar-refractivity contribution in [2.75, 3.05) is 0 Å². The molecule has 0 aromatic heterocycles. The van der Waals surface area contributed by atoms with E-state index >= 15 is 0 Å². The zero-order chi connectivity index (χ0) is 18.9. The monoisotopic (exact) mass is 430 g/mol. The van der Waals surface area contributed by atoms with E-state index < -0.39 is 21.3 Å². The first-order valence-corrected chi connectivity index (χ1v) is 8.98. The molecular weight excluding hydrogens is 416 g/mol. The molecule has 0 radical (unpaired) electrons. The lowest BCUT2D eigenvalue weighted by Gasteiger charge is -2.11. The Bertz CT molecular complexity index is 814. The van der Waals surface area contributed by atoms with Gasteiger partial charge < -0.3 is 4.84 Å². The van der Waals surface area contributed by atoms with Gasteiger partial charge in [-0.2, -0.15) is 8.42 Å². The van der Waals surface area contributed by atoms with Crippen molar-refractivity contribution in [1.29, 1.82) is 0 Å². The van der Waals surface area contributed by atoms with Gasteiger partial charge in [0.2, 0.25) is 5.25 Å². The third kappa shape index (κ3) is 6.72. The topological polar surface area (TPSA) is 136 Å². The highest BCUT2D eigenvalue weighted by Gasteiger charge is 2.34. The molecule has 2 aromatic carbocycles. The van der Waals surface area contributed by atoms with Crippen LogP contribution in [0.15, 0.2) is 59.1 Å². The molecule has 1 atom stereocenters. The molecule has 4 N–H and O–H groups in total. The Morgan fingerprint density at radius 3 is 2.16 bits per heavy atom. The fraction of sp³-hybridized carbons (Fsp3) is 0.0667. The molecule has 0 fully saturated rings. The molecule has 0 spiro atoms. The quantitative estimate of drug-likeness (QED) is 0.282. The van der Waals surface area contributed by atoms with Crippen LogP contribution in [0.3, 0.4) is 0 Å². The summed E-state index contributed by atoms with van der Waals surface area (Å²) in [5.74, 6) is 3.51. The van der Waals surface area contributed by atoms with Gasteiger partial charge >= 0.3 is 5.97 Å². The minimum Gasteiger partial charge on any atom is -0.354 e. The molecule has 0 bridgehead atoms. The molecule has 0 aliphatic rings. The predicted octanol–water partition coefficient (Wildman–Crippen LogP) is 1.80. The number of rotatable bonds is 5. The normalized spacial score (nSPS) is 11.6. The fourth-order valence-electron chi connectivity index (χ4n) is 1.74. The minimum absolute atomic E-state index is 0.0882. The summed E-state index contributed by atoms with van der Waals surface area (Å²) < 4.78 is 31.8. The molecule has 0 saturated heterocycles. The summed E-state index contributed by atoms with van der Waals surface area (Å²) in [7, 11) is -4.61. The highest BCUT2D eigenvalue weighted by atomic mass is 79.9. The van der Waals surface area contributed by atoms with Crippen molar-refractivity contribution in [3.63, 3.8) is 0 Å². The average Bonchev–Trinajstić information content (AvgIpc) is 2.56. The molecule has 0 heterocycles. The number of halogens is 1. The van der Waals surface area contributed by atoms with Crippen molar-refractivity contribution < 1.29 is 27.4 Å². The second kappa shape index (κ2) is 10.0. The van der Waals surface area contributed by atoms with E-state index in [4.69, 9.17) is 10.4 Å². The molecule has 1 unspecified atom stereocenters. The van der Waals surface area contributed by atoms with Gasteiger partial charge in [0.25, 0.3) is 10.1 Å². The molecule has 0 aliphatic carbocycles. The number of nitrogens with two attached hydrogens (primary N) is 1. The SMILES string of the molecule is NNOC(=O)C(c1ccccc1)S(=O)(=O)O.O=Cc1ccccc1Br. The van der Waals surface area contributed by atoms with E-state index in [1.54, 1.807) is 17.7 Å². The van der Waals surface area contributed by atoms with Gasteiger partial charge in [0.15, 0.2) is 6.29 Å². The van der Waals surface area contributed by atoms with E-state index in [0.29, 0.717) is 5.56 Å². The van der Waals surface area contributed by atoms with Crippen LogP contribution < -0.4 is 11.4 Å². The lowest BCUT2D eigenvalue weighted by Crippen LogP contribution is -2.32. The van der Waals surface area contributed by atoms with Crippen LogP contribution in [-0.2, 0) is 19.8 Å². The lowest BCUT2D eigenvalue weighted by atomic mass is 10.1. The smallest absolute Gasteiger partial charge is 0.351 e. The Hall–Kier alpha value is -2.11. The van der Waals surface area contributed by atoms with Gasteiger partial charge in [-0.05, 0) is 11.6 Å². The van der Waals surface area contributed by atoms with Crippen molar-refractivity contribution in [3.05, 3.63) is 70.2 Å². The molecular formula is C15H15BrN2O6S. The third-order valence-electron chi connectivity index (χ3n) is 2.81. The van der Waals surface area contributed by atoms with E-state index in [1.807, 2.05) is 18.2 Å². The van der Waals surface area contributed by atoms with Crippen LogP contribution in [0.5, 0.6) is 0 Å². The summed E-state index contributed by atoms with van der Waals surface area (Å²) in [5.41, 5.74) is 2.35. The molecule has 2 rings (SSSR count). The van der Waals surface area contributed by atoms with Crippen LogP contribution in [0.4, 0.5) is 0 Å². The van der Waals surface area contributed by atoms with Crippen LogP contribution in [0.25, 0.3) is 0 Å². The second-order valence-electron chi connectivity index (χ2n) is 4.48. The van der Waals surface area contributed by atoms with Crippen LogP contribution in [0, 0.1) is 0 Å². The third-order valence-corrected chi connectivity index (χ3v) is 4.59. The standard InChI is InChI=1S/C8H10N2O5S.C7H5BrO/c9-10-15-8(11)7(16(12,13)14)6-4-2-1-3-5-6;8-7-4-2-1-3-6(7)5-9/h1-5,7,10H,9H2,(H,12,13,14);1-5H. The van der Waals surface area contributed by atoms with Crippen molar-refractivity contribution in [2.24, 2.45) is 5.84 Å². The van der Waals surface area contributed by atoms with Crippen molar-refractivity contribution in [1.82, 2.24) is 5.59 Å². The van der Waals surface area contributed by atoms with E-state index in [2.05, 4.69) is 20.8 Å². The Kier molecular flexibility index (Phi) is 8.38. The van der Waals surface area contributed by atoms with Gasteiger partial charge in [-0.1, -0.05) is 70.0 Å². The Morgan fingerprint density at radius 1 is 1.16 bits per heavy atom. The number of benzene rings is 2. The zero-order valence-corrected chi connectivity index (χ0v) is 15.1. The number of carbonyl (C=O) groups excluding carboxylic acids is 2. The lowest BCUT2D eigenvalue weighted by molar-refractivity contribution is -0.150. The number of aldehydes is 1. The van der Waals surface area contributed by atoms with Crippen molar-refractivity contribution >= 4 is 38.3 Å². The van der Waals surface area contributed by atoms with Crippen molar-refractivity contribution in [3.8, 4) is 0 Å². The fourth-order valence-corrected chi connectivity index (χ4v) is 2.91.